The van der Waals surface area contributed by atoms with Crippen LogP contribution < -0.4 is 5.32 Å². The van der Waals surface area contributed by atoms with Gasteiger partial charge in [-0.3, -0.25) is 5.10 Å². The highest BCUT2D eigenvalue weighted by Gasteiger charge is 2.22. The van der Waals surface area contributed by atoms with Gasteiger partial charge in [-0.15, -0.1) is 0 Å². The van der Waals surface area contributed by atoms with Crippen molar-refractivity contribution in [3.05, 3.63) is 71.5 Å². The van der Waals surface area contributed by atoms with Crippen LogP contribution in [0, 0.1) is 0 Å². The van der Waals surface area contributed by atoms with Crippen LogP contribution in [-0.2, 0) is 13.0 Å². The molecule has 3 aromatic rings. The lowest BCUT2D eigenvalue weighted by atomic mass is 9.96. The zero-order chi connectivity index (χ0) is 14.1. The Hall–Kier alpha value is -2.46. The number of nitrogens with one attached hydrogen (secondary N) is 2. The fraction of sp³-hybridized carbons (Fsp3) is 0.176. The molecule has 0 spiro atoms. The summed E-state index contributed by atoms with van der Waals surface area (Å²) in [6.45, 7) is 0.877. The molecule has 0 radical (unpaired) electrons. The SMILES string of the molecule is c1ccc(-c2n[nH]c([C@@H]3Cc4ccccc4CN3)n2)cc1. The minimum Gasteiger partial charge on any atom is -0.303 e. The summed E-state index contributed by atoms with van der Waals surface area (Å²) in [6, 6.07) is 18.8. The molecule has 0 fully saturated rings. The monoisotopic (exact) mass is 276 g/mol. The number of aromatic amines is 1. The number of fused-ring (bicyclic) bond motifs is 1. The lowest BCUT2D eigenvalue weighted by Gasteiger charge is -2.24. The summed E-state index contributed by atoms with van der Waals surface area (Å²) in [4.78, 5) is 4.65. The number of hydrogen-bond acceptors (Lipinski definition) is 3. The molecule has 4 heteroatoms. The van der Waals surface area contributed by atoms with Crippen LogP contribution in [0.25, 0.3) is 11.4 Å². The second-order valence-corrected chi connectivity index (χ2v) is 5.32. The lowest BCUT2D eigenvalue weighted by Crippen LogP contribution is -2.29. The molecule has 0 saturated heterocycles. The molecule has 2 aromatic carbocycles. The maximum atomic E-state index is 4.65. The van der Waals surface area contributed by atoms with E-state index in [2.05, 4.69) is 44.8 Å². The molecular formula is C17H16N4. The van der Waals surface area contributed by atoms with Gasteiger partial charge in [-0.2, -0.15) is 5.10 Å². The Morgan fingerprint density at radius 2 is 1.67 bits per heavy atom. The van der Waals surface area contributed by atoms with Crippen LogP contribution in [0.4, 0.5) is 0 Å². The van der Waals surface area contributed by atoms with Crippen LogP contribution in [0.1, 0.15) is 23.0 Å². The van der Waals surface area contributed by atoms with Crippen LogP contribution in [-0.4, -0.2) is 15.2 Å². The van der Waals surface area contributed by atoms with Crippen LogP contribution in [0.3, 0.4) is 0 Å². The average Bonchev–Trinajstić information content (AvgIpc) is 3.05. The van der Waals surface area contributed by atoms with E-state index in [0.29, 0.717) is 0 Å². The predicted molar refractivity (Wildman–Crippen MR) is 81.5 cm³/mol. The van der Waals surface area contributed by atoms with Gasteiger partial charge in [0.15, 0.2) is 5.82 Å². The van der Waals surface area contributed by atoms with Crippen molar-refractivity contribution in [1.82, 2.24) is 20.5 Å². The van der Waals surface area contributed by atoms with Gasteiger partial charge in [-0.1, -0.05) is 54.6 Å². The van der Waals surface area contributed by atoms with Crippen LogP contribution in [0.5, 0.6) is 0 Å². The van der Waals surface area contributed by atoms with Gasteiger partial charge >= 0.3 is 0 Å². The number of nitrogens with zero attached hydrogens (tertiary/aromatic N) is 2. The first-order chi connectivity index (χ1) is 10.4. The third kappa shape index (κ3) is 2.34. The number of benzene rings is 2. The number of rotatable bonds is 2. The van der Waals surface area contributed by atoms with Crippen LogP contribution in [0.15, 0.2) is 54.6 Å². The number of H-pyrrole nitrogens is 1. The Balaban J connectivity index is 1.60. The Morgan fingerprint density at radius 3 is 2.52 bits per heavy atom. The van der Waals surface area contributed by atoms with Gasteiger partial charge in [0.25, 0.3) is 0 Å². The van der Waals surface area contributed by atoms with Crippen molar-refractivity contribution >= 4 is 0 Å². The first-order valence-corrected chi connectivity index (χ1v) is 7.18. The first kappa shape index (κ1) is 12.3. The molecule has 4 rings (SSSR count). The van der Waals surface area contributed by atoms with Gasteiger partial charge in [0.2, 0.25) is 0 Å². The molecule has 2 N–H and O–H groups in total. The smallest absolute Gasteiger partial charge is 0.181 e. The van der Waals surface area contributed by atoms with E-state index in [4.69, 9.17) is 0 Å². The first-order valence-electron chi connectivity index (χ1n) is 7.18. The van der Waals surface area contributed by atoms with Gasteiger partial charge in [0.1, 0.15) is 5.82 Å². The van der Waals surface area contributed by atoms with Crippen molar-refractivity contribution in [2.24, 2.45) is 0 Å². The summed E-state index contributed by atoms with van der Waals surface area (Å²) in [5.41, 5.74) is 3.80. The lowest BCUT2D eigenvalue weighted by molar-refractivity contribution is 0.478. The average molecular weight is 276 g/mol. The molecular weight excluding hydrogens is 260 g/mol. The molecule has 1 aliphatic rings. The highest BCUT2D eigenvalue weighted by atomic mass is 15.2. The summed E-state index contributed by atoms with van der Waals surface area (Å²) in [5.74, 6) is 1.66. The van der Waals surface area contributed by atoms with E-state index in [0.717, 1.165) is 30.2 Å². The zero-order valence-electron chi connectivity index (χ0n) is 11.6. The van der Waals surface area contributed by atoms with Crippen molar-refractivity contribution in [2.45, 2.75) is 19.0 Å². The molecule has 4 nitrogen and oxygen atoms in total. The topological polar surface area (TPSA) is 53.6 Å². The largest absolute Gasteiger partial charge is 0.303 e. The Morgan fingerprint density at radius 1 is 0.905 bits per heavy atom. The molecule has 0 unspecified atom stereocenters. The second-order valence-electron chi connectivity index (χ2n) is 5.32. The van der Waals surface area contributed by atoms with E-state index >= 15 is 0 Å². The predicted octanol–water partition coefficient (Wildman–Crippen LogP) is 2.86. The molecule has 0 amide bonds. The van der Waals surface area contributed by atoms with E-state index in [-0.39, 0.29) is 6.04 Å². The molecule has 2 heterocycles. The second kappa shape index (κ2) is 5.14. The van der Waals surface area contributed by atoms with Crippen molar-refractivity contribution < 1.29 is 0 Å². The quantitative estimate of drug-likeness (QED) is 0.756. The molecule has 1 aliphatic heterocycles. The van der Waals surface area contributed by atoms with Crippen molar-refractivity contribution in [3.63, 3.8) is 0 Å². The summed E-state index contributed by atoms with van der Waals surface area (Å²) in [7, 11) is 0. The fourth-order valence-electron chi connectivity index (χ4n) is 2.79. The maximum absolute atomic E-state index is 4.65. The van der Waals surface area contributed by atoms with Crippen molar-refractivity contribution in [1.29, 1.82) is 0 Å². The fourth-order valence-corrected chi connectivity index (χ4v) is 2.79. The maximum Gasteiger partial charge on any atom is 0.181 e. The Bertz CT molecular complexity index is 748. The minimum atomic E-state index is 0.199. The zero-order valence-corrected chi connectivity index (χ0v) is 11.6. The summed E-state index contributed by atoms with van der Waals surface area (Å²) in [6.07, 6.45) is 0.944. The van der Waals surface area contributed by atoms with Crippen LogP contribution in [0.2, 0.25) is 0 Å². The Labute approximate surface area is 123 Å². The summed E-state index contributed by atoms with van der Waals surface area (Å²) in [5, 5.41) is 10.9. The van der Waals surface area contributed by atoms with Gasteiger partial charge < -0.3 is 5.32 Å². The van der Waals surface area contributed by atoms with Gasteiger partial charge in [0, 0.05) is 12.1 Å². The number of hydrogen-bond donors (Lipinski definition) is 2. The summed E-state index contributed by atoms with van der Waals surface area (Å²) < 4.78 is 0. The summed E-state index contributed by atoms with van der Waals surface area (Å²) >= 11 is 0. The van der Waals surface area contributed by atoms with Gasteiger partial charge in [-0.05, 0) is 17.5 Å². The highest BCUT2D eigenvalue weighted by Crippen LogP contribution is 2.25. The van der Waals surface area contributed by atoms with E-state index in [1.165, 1.54) is 11.1 Å². The molecule has 0 saturated carbocycles. The van der Waals surface area contributed by atoms with E-state index in [9.17, 15) is 0 Å². The van der Waals surface area contributed by atoms with Crippen LogP contribution >= 0.6 is 0 Å². The minimum absolute atomic E-state index is 0.199. The Kier molecular flexibility index (Phi) is 3.01. The van der Waals surface area contributed by atoms with Gasteiger partial charge in [0.05, 0.1) is 6.04 Å². The van der Waals surface area contributed by atoms with Crippen molar-refractivity contribution in [2.75, 3.05) is 0 Å². The normalized spacial score (nSPS) is 17.4. The van der Waals surface area contributed by atoms with E-state index in [1.807, 2.05) is 30.3 Å². The van der Waals surface area contributed by atoms with Gasteiger partial charge in [-0.25, -0.2) is 4.98 Å². The van der Waals surface area contributed by atoms with E-state index in [1.54, 1.807) is 0 Å². The molecule has 21 heavy (non-hydrogen) atoms. The van der Waals surface area contributed by atoms with Crippen molar-refractivity contribution in [3.8, 4) is 11.4 Å². The highest BCUT2D eigenvalue weighted by molar-refractivity contribution is 5.54. The molecule has 0 aliphatic carbocycles. The third-order valence-electron chi connectivity index (χ3n) is 3.95. The molecule has 1 atom stereocenters. The number of aromatic nitrogens is 3. The molecule has 0 bridgehead atoms. The molecule has 104 valence electrons. The standard InChI is InChI=1S/C17H16N4/c1-2-6-12(7-3-1)16-19-17(21-20-16)15-10-13-8-4-5-9-14(13)11-18-15/h1-9,15,18H,10-11H2,(H,19,20,21)/t15-/m0/s1. The third-order valence-corrected chi connectivity index (χ3v) is 3.95. The molecule has 1 aromatic heterocycles. The van der Waals surface area contributed by atoms with E-state index < -0.39 is 0 Å².